The fourth-order valence-corrected chi connectivity index (χ4v) is 1.29. The summed E-state index contributed by atoms with van der Waals surface area (Å²) in [7, 11) is 0. The molecule has 0 fully saturated rings. The summed E-state index contributed by atoms with van der Waals surface area (Å²) < 4.78 is 4.96. The lowest BCUT2D eigenvalue weighted by Gasteiger charge is -2.14. The highest BCUT2D eigenvalue weighted by Crippen LogP contribution is 2.13. The number of hydrogen-bond acceptors (Lipinski definition) is 3. The van der Waals surface area contributed by atoms with Gasteiger partial charge in [-0.2, -0.15) is 0 Å². The summed E-state index contributed by atoms with van der Waals surface area (Å²) in [6.07, 6.45) is 4.69. The maximum absolute atomic E-state index is 11.2. The Hall–Kier alpha value is -1.50. The molecule has 0 aliphatic carbocycles. The first-order valence-electron chi connectivity index (χ1n) is 5.58. The van der Waals surface area contributed by atoms with Crippen LogP contribution in [0.4, 0.5) is 0 Å². The van der Waals surface area contributed by atoms with Crippen molar-refractivity contribution in [2.75, 3.05) is 6.61 Å². The van der Waals surface area contributed by atoms with Crippen molar-refractivity contribution in [1.82, 2.24) is 0 Å². The molecule has 0 aliphatic heterocycles. The van der Waals surface area contributed by atoms with E-state index in [2.05, 4.69) is 11.8 Å². The van der Waals surface area contributed by atoms with Gasteiger partial charge in [-0.1, -0.05) is 33.1 Å². The molecule has 0 amide bonds. The largest absolute Gasteiger partial charge is 0.526 e. The Morgan fingerprint density at radius 2 is 2.25 bits per heavy atom. The quantitative estimate of drug-likeness (QED) is 0.313. The monoisotopic (exact) mass is 225 g/mol. The molecule has 4 nitrogen and oxygen atoms in total. The average molecular weight is 225 g/mol. The molecule has 0 bridgehead atoms. The second kappa shape index (κ2) is 8.78. The van der Waals surface area contributed by atoms with Crippen LogP contribution in [0.2, 0.25) is 0 Å². The highest BCUT2D eigenvalue weighted by atomic mass is 16.5. The zero-order valence-corrected chi connectivity index (χ0v) is 9.90. The molecule has 0 aromatic rings. The minimum Gasteiger partial charge on any atom is -0.526 e. The number of carbonyl (C=O) groups is 1. The third kappa shape index (κ3) is 5.40. The first-order valence-corrected chi connectivity index (χ1v) is 5.58. The Labute approximate surface area is 96.7 Å². The van der Waals surface area contributed by atoms with Crippen molar-refractivity contribution in [3.05, 3.63) is 23.4 Å². The smallest absolute Gasteiger partial charge is 0.339 e. The molecule has 0 aromatic heterocycles. The van der Waals surface area contributed by atoms with Gasteiger partial charge in [-0.15, -0.1) is 0 Å². The Balaban J connectivity index is 4.02. The normalized spacial score (nSPS) is 12.9. The van der Waals surface area contributed by atoms with Crippen LogP contribution >= 0.6 is 0 Å². The SMILES string of the molecule is [C-]#[N+]/C(=C/O)C(=O)OCC(CC)CCCC. The third-order valence-electron chi connectivity index (χ3n) is 2.45. The van der Waals surface area contributed by atoms with Crippen molar-refractivity contribution < 1.29 is 14.6 Å². The van der Waals surface area contributed by atoms with E-state index >= 15 is 0 Å². The van der Waals surface area contributed by atoms with E-state index in [1.807, 2.05) is 6.92 Å². The number of carbonyl (C=O) groups excluding carboxylic acids is 1. The van der Waals surface area contributed by atoms with Gasteiger partial charge in [-0.25, -0.2) is 4.85 Å². The molecule has 0 rings (SSSR count). The van der Waals surface area contributed by atoms with Gasteiger partial charge in [0.1, 0.15) is 0 Å². The third-order valence-corrected chi connectivity index (χ3v) is 2.45. The van der Waals surface area contributed by atoms with Crippen molar-refractivity contribution in [1.29, 1.82) is 0 Å². The average Bonchev–Trinajstić information content (AvgIpc) is 2.31. The van der Waals surface area contributed by atoms with E-state index in [0.717, 1.165) is 25.7 Å². The lowest BCUT2D eigenvalue weighted by atomic mass is 10.0. The molecule has 0 radical (unpaired) electrons. The second-order valence-electron chi connectivity index (χ2n) is 3.64. The number of ether oxygens (including phenoxy) is 1. The molecule has 0 spiro atoms. The van der Waals surface area contributed by atoms with Gasteiger partial charge in [0.2, 0.25) is 0 Å². The maximum Gasteiger partial charge on any atom is 0.339 e. The fourth-order valence-electron chi connectivity index (χ4n) is 1.29. The van der Waals surface area contributed by atoms with Crippen molar-refractivity contribution in [2.45, 2.75) is 39.5 Å². The Bertz CT molecular complexity index is 278. The fraction of sp³-hybridized carbons (Fsp3) is 0.667. The van der Waals surface area contributed by atoms with Crippen molar-refractivity contribution in [3.8, 4) is 0 Å². The summed E-state index contributed by atoms with van der Waals surface area (Å²) in [6.45, 7) is 11.1. The summed E-state index contributed by atoms with van der Waals surface area (Å²) in [5.41, 5.74) is -0.370. The molecule has 0 saturated carbocycles. The number of nitrogens with zero attached hydrogens (tertiary/aromatic N) is 1. The van der Waals surface area contributed by atoms with Crippen LogP contribution in [0.3, 0.4) is 0 Å². The topological polar surface area (TPSA) is 50.9 Å². The Morgan fingerprint density at radius 1 is 1.56 bits per heavy atom. The second-order valence-corrected chi connectivity index (χ2v) is 3.64. The zero-order valence-electron chi connectivity index (χ0n) is 9.90. The maximum atomic E-state index is 11.2. The van der Waals surface area contributed by atoms with Crippen LogP contribution in [-0.2, 0) is 9.53 Å². The standard InChI is InChI=1S/C12H19NO3/c1-4-6-7-10(5-2)9-16-12(15)11(8-14)13-3/h8,10,14H,4-7,9H2,1-2H3/b11-8+. The molecule has 4 heteroatoms. The van der Waals surface area contributed by atoms with Gasteiger partial charge in [0.15, 0.2) is 0 Å². The predicted molar refractivity (Wildman–Crippen MR) is 61.6 cm³/mol. The summed E-state index contributed by atoms with van der Waals surface area (Å²) in [5, 5.41) is 8.58. The number of aliphatic hydroxyl groups is 1. The van der Waals surface area contributed by atoms with Crippen molar-refractivity contribution in [3.63, 3.8) is 0 Å². The molecule has 0 aliphatic rings. The van der Waals surface area contributed by atoms with Gasteiger partial charge < -0.3 is 9.84 Å². The van der Waals surface area contributed by atoms with Crippen LogP contribution in [0.1, 0.15) is 39.5 Å². The molecule has 1 N–H and O–H groups in total. The molecule has 0 aromatic carbocycles. The zero-order chi connectivity index (χ0) is 12.4. The number of esters is 1. The van der Waals surface area contributed by atoms with Crippen molar-refractivity contribution in [2.24, 2.45) is 5.92 Å². The minimum atomic E-state index is -0.743. The van der Waals surface area contributed by atoms with Crippen LogP contribution in [0.15, 0.2) is 12.0 Å². The van der Waals surface area contributed by atoms with Crippen LogP contribution < -0.4 is 0 Å². The van der Waals surface area contributed by atoms with Crippen LogP contribution in [0, 0.1) is 12.5 Å². The number of unbranched alkanes of at least 4 members (excludes halogenated alkanes) is 1. The van der Waals surface area contributed by atoms with Gasteiger partial charge in [0.25, 0.3) is 0 Å². The van der Waals surface area contributed by atoms with Gasteiger partial charge in [0.05, 0.1) is 19.4 Å². The number of rotatable bonds is 7. The molecule has 16 heavy (non-hydrogen) atoms. The number of hydrogen-bond donors (Lipinski definition) is 1. The summed E-state index contributed by atoms with van der Waals surface area (Å²) in [6, 6.07) is 0. The van der Waals surface area contributed by atoms with Crippen LogP contribution in [-0.4, -0.2) is 17.7 Å². The van der Waals surface area contributed by atoms with Crippen LogP contribution in [0.5, 0.6) is 0 Å². The van der Waals surface area contributed by atoms with Crippen molar-refractivity contribution >= 4 is 5.97 Å². The van der Waals surface area contributed by atoms with Gasteiger partial charge in [-0.3, -0.25) is 4.79 Å². The molecule has 0 heterocycles. The summed E-state index contributed by atoms with van der Waals surface area (Å²) in [4.78, 5) is 14.1. The van der Waals surface area contributed by atoms with E-state index in [-0.39, 0.29) is 5.70 Å². The first kappa shape index (κ1) is 14.5. The van der Waals surface area contributed by atoms with E-state index in [0.29, 0.717) is 18.8 Å². The van der Waals surface area contributed by atoms with Gasteiger partial charge in [0, 0.05) is 0 Å². The van der Waals surface area contributed by atoms with E-state index in [9.17, 15) is 4.79 Å². The highest BCUT2D eigenvalue weighted by Gasteiger charge is 2.14. The molecule has 1 atom stereocenters. The Morgan fingerprint density at radius 3 is 2.69 bits per heavy atom. The highest BCUT2D eigenvalue weighted by molar-refractivity contribution is 5.89. The van der Waals surface area contributed by atoms with E-state index in [1.165, 1.54) is 0 Å². The minimum absolute atomic E-state index is 0.322. The summed E-state index contributed by atoms with van der Waals surface area (Å²) in [5.74, 6) is -0.401. The molecule has 1 unspecified atom stereocenters. The summed E-state index contributed by atoms with van der Waals surface area (Å²) >= 11 is 0. The predicted octanol–water partition coefficient (Wildman–Crippen LogP) is 3.06. The van der Waals surface area contributed by atoms with Gasteiger partial charge >= 0.3 is 11.7 Å². The van der Waals surface area contributed by atoms with E-state index < -0.39 is 5.97 Å². The molecule has 0 saturated heterocycles. The van der Waals surface area contributed by atoms with Crippen LogP contribution in [0.25, 0.3) is 4.85 Å². The van der Waals surface area contributed by atoms with Gasteiger partial charge in [-0.05, 0) is 12.3 Å². The molecular formula is C12H19NO3. The van der Waals surface area contributed by atoms with E-state index in [1.54, 1.807) is 0 Å². The lowest BCUT2D eigenvalue weighted by Crippen LogP contribution is -2.14. The molecule has 90 valence electrons. The lowest BCUT2D eigenvalue weighted by molar-refractivity contribution is -0.140. The number of aliphatic hydroxyl groups excluding tert-OH is 1. The Kier molecular flexibility index (Phi) is 7.96. The van der Waals surface area contributed by atoms with E-state index in [4.69, 9.17) is 16.4 Å². The molecular weight excluding hydrogens is 206 g/mol. The first-order chi connectivity index (χ1) is 7.69.